The van der Waals surface area contributed by atoms with E-state index in [4.69, 9.17) is 0 Å². The Labute approximate surface area is 101 Å². The van der Waals surface area contributed by atoms with Crippen LogP contribution in [0.1, 0.15) is 18.2 Å². The van der Waals surface area contributed by atoms with Crippen molar-refractivity contribution in [3.8, 4) is 0 Å². The van der Waals surface area contributed by atoms with Crippen molar-refractivity contribution in [1.29, 1.82) is 0 Å². The van der Waals surface area contributed by atoms with E-state index in [1.165, 1.54) is 4.68 Å². The van der Waals surface area contributed by atoms with Gasteiger partial charge in [-0.25, -0.2) is 9.36 Å². The SMILES string of the molecule is Cc1nn(C)c2nn3c(c12)NCCC3C(F)(F)F. The van der Waals surface area contributed by atoms with Crippen LogP contribution in [0, 0.1) is 6.92 Å². The van der Waals surface area contributed by atoms with Crippen LogP contribution in [-0.2, 0) is 7.05 Å². The lowest BCUT2D eigenvalue weighted by Gasteiger charge is -2.27. The van der Waals surface area contributed by atoms with Crippen molar-refractivity contribution in [2.75, 3.05) is 11.9 Å². The third-order valence-corrected chi connectivity index (χ3v) is 3.24. The Morgan fingerprint density at radius 1 is 1.33 bits per heavy atom. The van der Waals surface area contributed by atoms with Crippen LogP contribution in [0.4, 0.5) is 19.0 Å². The molecule has 0 radical (unpaired) electrons. The van der Waals surface area contributed by atoms with Gasteiger partial charge in [0.2, 0.25) is 0 Å². The number of halogens is 3. The van der Waals surface area contributed by atoms with Crippen molar-refractivity contribution in [2.24, 2.45) is 7.05 Å². The Bertz CT molecular complexity index is 609. The van der Waals surface area contributed by atoms with Gasteiger partial charge in [-0.15, -0.1) is 0 Å². The number of alkyl halides is 3. The minimum absolute atomic E-state index is 0.00301. The zero-order valence-electron chi connectivity index (χ0n) is 9.91. The fraction of sp³-hybridized carbons (Fsp3) is 0.600. The van der Waals surface area contributed by atoms with E-state index >= 15 is 0 Å². The van der Waals surface area contributed by atoms with Crippen LogP contribution in [0.25, 0.3) is 11.0 Å². The molecule has 5 nitrogen and oxygen atoms in total. The predicted octanol–water partition coefficient (Wildman–Crippen LogP) is 2.00. The lowest BCUT2D eigenvalue weighted by molar-refractivity contribution is -0.171. The van der Waals surface area contributed by atoms with E-state index in [1.807, 2.05) is 0 Å². The molecule has 3 rings (SSSR count). The number of hydrogen-bond donors (Lipinski definition) is 1. The largest absolute Gasteiger partial charge is 0.410 e. The zero-order valence-corrected chi connectivity index (χ0v) is 9.91. The van der Waals surface area contributed by atoms with Gasteiger partial charge in [-0.3, -0.25) is 0 Å². The summed E-state index contributed by atoms with van der Waals surface area (Å²) in [7, 11) is 1.68. The molecule has 8 heteroatoms. The standard InChI is InChI=1S/C10H12F3N5/c1-5-7-8-14-4-3-6(10(11,12)13)18(8)16-9(7)17(2)15-5/h6,14H,3-4H2,1-2H3. The minimum Gasteiger partial charge on any atom is -0.370 e. The fourth-order valence-electron chi connectivity index (χ4n) is 2.45. The van der Waals surface area contributed by atoms with Gasteiger partial charge in [-0.1, -0.05) is 0 Å². The summed E-state index contributed by atoms with van der Waals surface area (Å²) in [5.41, 5.74) is 1.16. The first-order valence-corrected chi connectivity index (χ1v) is 5.62. The number of aryl methyl sites for hydroxylation is 2. The Kier molecular flexibility index (Phi) is 2.14. The molecule has 0 bridgehead atoms. The number of nitrogens with zero attached hydrogens (tertiary/aromatic N) is 4. The highest BCUT2D eigenvalue weighted by atomic mass is 19.4. The van der Waals surface area contributed by atoms with E-state index in [1.54, 1.807) is 14.0 Å². The van der Waals surface area contributed by atoms with Gasteiger partial charge < -0.3 is 5.32 Å². The molecule has 2 aromatic rings. The van der Waals surface area contributed by atoms with E-state index in [-0.39, 0.29) is 6.42 Å². The molecule has 0 aliphatic carbocycles. The van der Waals surface area contributed by atoms with Crippen molar-refractivity contribution in [1.82, 2.24) is 19.6 Å². The molecule has 1 aliphatic rings. The molecule has 1 atom stereocenters. The maximum Gasteiger partial charge on any atom is 0.410 e. The molecular formula is C10H12F3N5. The summed E-state index contributed by atoms with van der Waals surface area (Å²) in [6.07, 6.45) is -4.28. The Morgan fingerprint density at radius 2 is 2.06 bits per heavy atom. The van der Waals surface area contributed by atoms with Gasteiger partial charge in [-0.05, 0) is 13.3 Å². The molecule has 3 heterocycles. The maximum absolute atomic E-state index is 12.9. The van der Waals surface area contributed by atoms with Gasteiger partial charge >= 0.3 is 6.18 Å². The Morgan fingerprint density at radius 3 is 2.72 bits per heavy atom. The van der Waals surface area contributed by atoms with Gasteiger partial charge in [0.25, 0.3) is 0 Å². The number of anilines is 1. The molecule has 0 spiro atoms. The van der Waals surface area contributed by atoms with Crippen molar-refractivity contribution in [3.63, 3.8) is 0 Å². The number of fused-ring (bicyclic) bond motifs is 3. The van der Waals surface area contributed by atoms with Crippen molar-refractivity contribution >= 4 is 16.9 Å². The first-order chi connectivity index (χ1) is 8.39. The molecule has 2 aromatic heterocycles. The molecule has 0 saturated carbocycles. The molecule has 0 saturated heterocycles. The third-order valence-electron chi connectivity index (χ3n) is 3.24. The Hall–Kier alpha value is -1.73. The summed E-state index contributed by atoms with van der Waals surface area (Å²) >= 11 is 0. The first kappa shape index (κ1) is 11.4. The highest BCUT2D eigenvalue weighted by Crippen LogP contribution is 2.40. The fourth-order valence-corrected chi connectivity index (χ4v) is 2.45. The molecule has 1 N–H and O–H groups in total. The van der Waals surface area contributed by atoms with Gasteiger partial charge in [0.05, 0.1) is 11.1 Å². The predicted molar refractivity (Wildman–Crippen MR) is 59.4 cm³/mol. The molecule has 98 valence electrons. The highest BCUT2D eigenvalue weighted by molar-refractivity contribution is 5.90. The van der Waals surface area contributed by atoms with Crippen LogP contribution in [0.15, 0.2) is 0 Å². The second-order valence-electron chi connectivity index (χ2n) is 4.47. The number of aromatic nitrogens is 4. The topological polar surface area (TPSA) is 47.7 Å². The molecule has 1 aliphatic heterocycles. The van der Waals surface area contributed by atoms with E-state index in [2.05, 4.69) is 15.5 Å². The minimum atomic E-state index is -4.28. The van der Waals surface area contributed by atoms with E-state index in [0.29, 0.717) is 29.1 Å². The van der Waals surface area contributed by atoms with Gasteiger partial charge in [0, 0.05) is 13.6 Å². The summed E-state index contributed by atoms with van der Waals surface area (Å²) in [6, 6.07) is -1.56. The van der Waals surface area contributed by atoms with Gasteiger partial charge in [-0.2, -0.15) is 23.4 Å². The van der Waals surface area contributed by atoms with Crippen LogP contribution in [0.2, 0.25) is 0 Å². The summed E-state index contributed by atoms with van der Waals surface area (Å²) < 4.78 is 41.4. The summed E-state index contributed by atoms with van der Waals surface area (Å²) in [5, 5.41) is 11.9. The van der Waals surface area contributed by atoms with Crippen molar-refractivity contribution in [3.05, 3.63) is 5.69 Å². The molecular weight excluding hydrogens is 247 g/mol. The normalized spacial score (nSPS) is 19.9. The second kappa shape index (κ2) is 3.39. The zero-order chi connectivity index (χ0) is 13.1. The highest BCUT2D eigenvalue weighted by Gasteiger charge is 2.44. The van der Waals surface area contributed by atoms with Crippen LogP contribution < -0.4 is 5.32 Å². The quantitative estimate of drug-likeness (QED) is 0.787. The average molecular weight is 259 g/mol. The smallest absolute Gasteiger partial charge is 0.370 e. The van der Waals surface area contributed by atoms with Crippen LogP contribution >= 0.6 is 0 Å². The maximum atomic E-state index is 12.9. The Balaban J connectivity index is 2.25. The molecule has 0 aromatic carbocycles. The van der Waals surface area contributed by atoms with E-state index in [9.17, 15) is 13.2 Å². The van der Waals surface area contributed by atoms with Crippen LogP contribution in [0.5, 0.6) is 0 Å². The monoisotopic (exact) mass is 259 g/mol. The van der Waals surface area contributed by atoms with E-state index in [0.717, 1.165) is 4.68 Å². The summed E-state index contributed by atoms with van der Waals surface area (Å²) in [4.78, 5) is 0. The van der Waals surface area contributed by atoms with Crippen LogP contribution in [-0.4, -0.2) is 32.3 Å². The molecule has 1 unspecified atom stereocenters. The third kappa shape index (κ3) is 1.41. The number of hydrogen-bond acceptors (Lipinski definition) is 3. The van der Waals surface area contributed by atoms with E-state index < -0.39 is 12.2 Å². The second-order valence-corrected chi connectivity index (χ2v) is 4.47. The molecule has 18 heavy (non-hydrogen) atoms. The average Bonchev–Trinajstić information content (AvgIpc) is 2.76. The van der Waals surface area contributed by atoms with Crippen LogP contribution in [0.3, 0.4) is 0 Å². The lowest BCUT2D eigenvalue weighted by atomic mass is 10.1. The lowest BCUT2D eigenvalue weighted by Crippen LogP contribution is -2.34. The summed E-state index contributed by atoms with van der Waals surface area (Å²) in [5.74, 6) is 0.421. The van der Waals surface area contributed by atoms with Gasteiger partial charge in [0.15, 0.2) is 11.7 Å². The number of nitrogens with one attached hydrogen (secondary N) is 1. The molecule has 0 fully saturated rings. The van der Waals surface area contributed by atoms with Crippen molar-refractivity contribution in [2.45, 2.75) is 25.6 Å². The van der Waals surface area contributed by atoms with Gasteiger partial charge in [0.1, 0.15) is 5.82 Å². The van der Waals surface area contributed by atoms with Crippen molar-refractivity contribution < 1.29 is 13.2 Å². The number of rotatable bonds is 0. The molecule has 0 amide bonds. The first-order valence-electron chi connectivity index (χ1n) is 5.62. The summed E-state index contributed by atoms with van der Waals surface area (Å²) in [6.45, 7) is 2.06.